The Labute approximate surface area is 121 Å². The topological polar surface area (TPSA) is 37.8 Å². The fourth-order valence-corrected chi connectivity index (χ4v) is 2.52. The number of aromatic nitrogens is 2. The Morgan fingerprint density at radius 2 is 1.94 bits per heavy atom. The molecule has 6 heteroatoms. The summed E-state index contributed by atoms with van der Waals surface area (Å²) >= 11 is 12.8. The first-order valence-corrected chi connectivity index (χ1v) is 6.74. The van der Waals surface area contributed by atoms with E-state index in [0.717, 1.165) is 14.8 Å². The Morgan fingerprint density at radius 1 is 1.18 bits per heavy atom. The lowest BCUT2D eigenvalue weighted by Crippen LogP contribution is -1.97. The second-order valence-corrected chi connectivity index (χ2v) is 5.51. The summed E-state index contributed by atoms with van der Waals surface area (Å²) in [4.78, 5) is 8.41. The van der Waals surface area contributed by atoms with Gasteiger partial charge >= 0.3 is 0 Å². The summed E-state index contributed by atoms with van der Waals surface area (Å²) in [5.41, 5.74) is 0.805. The smallest absolute Gasteiger partial charge is 0.135 e. The van der Waals surface area contributed by atoms with Crippen LogP contribution in [0.15, 0.2) is 33.3 Å². The molecule has 0 unspecified atom stereocenters. The number of hydrogen-bond donors (Lipinski definition) is 1. The van der Waals surface area contributed by atoms with E-state index in [1.54, 1.807) is 6.07 Å². The molecule has 3 nitrogen and oxygen atoms in total. The van der Waals surface area contributed by atoms with Crippen LogP contribution in [0.5, 0.6) is 0 Å². The van der Waals surface area contributed by atoms with Crippen molar-refractivity contribution in [1.82, 2.24) is 9.97 Å². The number of nitrogens with zero attached hydrogens (tertiary/aromatic N) is 2. The Hall–Kier alpha value is -0.650. The number of aryl methyl sites for hydroxylation is 1. The molecule has 2 rings (SSSR count). The number of anilines is 2. The van der Waals surface area contributed by atoms with Crippen LogP contribution in [0, 0.1) is 6.92 Å². The minimum atomic E-state index is 0.631. The van der Waals surface area contributed by atoms with E-state index in [2.05, 4.69) is 47.1 Å². The van der Waals surface area contributed by atoms with Crippen molar-refractivity contribution in [2.45, 2.75) is 6.92 Å². The SMILES string of the molecule is Cc1nc(Br)cc(Nc2ccc(Br)cc2Cl)n1. The zero-order valence-corrected chi connectivity index (χ0v) is 12.8. The molecule has 0 atom stereocenters. The summed E-state index contributed by atoms with van der Waals surface area (Å²) in [6.07, 6.45) is 0. The van der Waals surface area contributed by atoms with Crippen LogP contribution >= 0.6 is 43.5 Å². The number of rotatable bonds is 2. The molecule has 1 heterocycles. The predicted octanol–water partition coefficient (Wildman–Crippen LogP) is 4.71. The Balaban J connectivity index is 2.31. The Bertz CT molecular complexity index is 540. The highest BCUT2D eigenvalue weighted by atomic mass is 79.9. The maximum atomic E-state index is 6.11. The molecule has 88 valence electrons. The van der Waals surface area contributed by atoms with Gasteiger partial charge in [-0.1, -0.05) is 27.5 Å². The Morgan fingerprint density at radius 3 is 2.59 bits per heavy atom. The lowest BCUT2D eigenvalue weighted by atomic mass is 10.3. The lowest BCUT2D eigenvalue weighted by molar-refractivity contribution is 1.04. The van der Waals surface area contributed by atoms with E-state index in [4.69, 9.17) is 11.6 Å². The second-order valence-electron chi connectivity index (χ2n) is 3.37. The standard InChI is InChI=1S/C11H8Br2ClN3/c1-6-15-10(13)5-11(16-6)17-9-3-2-7(12)4-8(9)14/h2-5H,1H3,(H,15,16,17). The van der Waals surface area contributed by atoms with Crippen LogP contribution in [0.4, 0.5) is 11.5 Å². The van der Waals surface area contributed by atoms with Crippen molar-refractivity contribution in [2.24, 2.45) is 0 Å². The van der Waals surface area contributed by atoms with Crippen LogP contribution in [0.1, 0.15) is 5.82 Å². The maximum absolute atomic E-state index is 6.11. The first-order valence-electron chi connectivity index (χ1n) is 4.78. The van der Waals surface area contributed by atoms with Crippen LogP contribution in [0.25, 0.3) is 0 Å². The van der Waals surface area contributed by atoms with Gasteiger partial charge in [0.2, 0.25) is 0 Å². The van der Waals surface area contributed by atoms with Gasteiger partial charge in [0.1, 0.15) is 16.2 Å². The van der Waals surface area contributed by atoms with Crippen molar-refractivity contribution in [2.75, 3.05) is 5.32 Å². The molecule has 0 saturated heterocycles. The minimum Gasteiger partial charge on any atom is -0.339 e. The van der Waals surface area contributed by atoms with Gasteiger partial charge in [-0.15, -0.1) is 0 Å². The van der Waals surface area contributed by atoms with E-state index in [0.29, 0.717) is 16.7 Å². The zero-order valence-electron chi connectivity index (χ0n) is 8.84. The second kappa shape index (κ2) is 5.33. The highest BCUT2D eigenvalue weighted by Crippen LogP contribution is 2.28. The largest absolute Gasteiger partial charge is 0.339 e. The quantitative estimate of drug-likeness (QED) is 0.771. The molecule has 1 aromatic heterocycles. The fraction of sp³-hybridized carbons (Fsp3) is 0.0909. The molecule has 0 radical (unpaired) electrons. The highest BCUT2D eigenvalue weighted by molar-refractivity contribution is 9.10. The molecular weight excluding hydrogens is 369 g/mol. The van der Waals surface area contributed by atoms with Crippen molar-refractivity contribution in [1.29, 1.82) is 0 Å². The third-order valence-electron chi connectivity index (χ3n) is 2.00. The minimum absolute atomic E-state index is 0.631. The van der Waals surface area contributed by atoms with E-state index < -0.39 is 0 Å². The van der Waals surface area contributed by atoms with Crippen molar-refractivity contribution >= 4 is 55.0 Å². The number of nitrogens with one attached hydrogen (secondary N) is 1. The van der Waals surface area contributed by atoms with Crippen molar-refractivity contribution in [3.63, 3.8) is 0 Å². The van der Waals surface area contributed by atoms with Gasteiger partial charge in [-0.05, 0) is 41.1 Å². The lowest BCUT2D eigenvalue weighted by Gasteiger charge is -2.08. The van der Waals surface area contributed by atoms with Gasteiger partial charge in [0.15, 0.2) is 0 Å². The average molecular weight is 377 g/mol. The van der Waals surface area contributed by atoms with E-state index in [9.17, 15) is 0 Å². The third kappa shape index (κ3) is 3.40. The molecule has 0 spiro atoms. The predicted molar refractivity (Wildman–Crippen MR) is 76.9 cm³/mol. The Kier molecular flexibility index (Phi) is 4.01. The molecule has 2 aromatic rings. The van der Waals surface area contributed by atoms with Crippen molar-refractivity contribution < 1.29 is 0 Å². The normalized spacial score (nSPS) is 10.4. The highest BCUT2D eigenvalue weighted by Gasteiger charge is 2.04. The molecule has 17 heavy (non-hydrogen) atoms. The summed E-state index contributed by atoms with van der Waals surface area (Å²) in [6.45, 7) is 1.83. The summed E-state index contributed by atoms with van der Waals surface area (Å²) in [5, 5.41) is 3.78. The van der Waals surface area contributed by atoms with Gasteiger partial charge < -0.3 is 5.32 Å². The average Bonchev–Trinajstić information content (AvgIpc) is 2.21. The molecule has 0 aliphatic heterocycles. The van der Waals surface area contributed by atoms with Gasteiger partial charge in [-0.25, -0.2) is 9.97 Å². The van der Waals surface area contributed by atoms with E-state index >= 15 is 0 Å². The number of benzene rings is 1. The molecule has 0 bridgehead atoms. The summed E-state index contributed by atoms with van der Waals surface area (Å²) in [6, 6.07) is 7.42. The van der Waals surface area contributed by atoms with E-state index in [1.807, 2.05) is 25.1 Å². The fourth-order valence-electron chi connectivity index (χ4n) is 1.32. The molecule has 1 aromatic carbocycles. The molecule has 0 fully saturated rings. The maximum Gasteiger partial charge on any atom is 0.135 e. The monoisotopic (exact) mass is 375 g/mol. The number of hydrogen-bond acceptors (Lipinski definition) is 3. The molecular formula is C11H8Br2ClN3. The van der Waals surface area contributed by atoms with E-state index in [-0.39, 0.29) is 0 Å². The zero-order chi connectivity index (χ0) is 12.4. The third-order valence-corrected chi connectivity index (χ3v) is 3.21. The van der Waals surface area contributed by atoms with Crippen LogP contribution in [-0.4, -0.2) is 9.97 Å². The molecule has 0 aliphatic carbocycles. The number of halogens is 3. The molecule has 1 N–H and O–H groups in total. The molecule has 0 saturated carbocycles. The first kappa shape index (κ1) is 12.8. The van der Waals surface area contributed by atoms with E-state index in [1.165, 1.54) is 0 Å². The summed E-state index contributed by atoms with van der Waals surface area (Å²) < 4.78 is 1.67. The van der Waals surface area contributed by atoms with Crippen LogP contribution in [0.3, 0.4) is 0 Å². The summed E-state index contributed by atoms with van der Waals surface area (Å²) in [5.74, 6) is 1.39. The van der Waals surface area contributed by atoms with Crippen LogP contribution in [-0.2, 0) is 0 Å². The van der Waals surface area contributed by atoms with Crippen molar-refractivity contribution in [3.8, 4) is 0 Å². The van der Waals surface area contributed by atoms with Gasteiger partial charge in [0.05, 0.1) is 10.7 Å². The first-order chi connectivity index (χ1) is 8.04. The van der Waals surface area contributed by atoms with Gasteiger partial charge in [-0.2, -0.15) is 0 Å². The van der Waals surface area contributed by atoms with Gasteiger partial charge in [0.25, 0.3) is 0 Å². The summed E-state index contributed by atoms with van der Waals surface area (Å²) in [7, 11) is 0. The molecule has 0 amide bonds. The van der Waals surface area contributed by atoms with Gasteiger partial charge in [-0.3, -0.25) is 0 Å². The van der Waals surface area contributed by atoms with Crippen molar-refractivity contribution in [3.05, 3.63) is 44.2 Å². The van der Waals surface area contributed by atoms with Crippen LogP contribution in [0.2, 0.25) is 5.02 Å². The van der Waals surface area contributed by atoms with Crippen LogP contribution < -0.4 is 5.32 Å². The molecule has 0 aliphatic rings. The van der Waals surface area contributed by atoms with Gasteiger partial charge in [0, 0.05) is 10.5 Å².